The fraction of sp³-hybridized carbons (Fsp3) is 0.480. The van der Waals surface area contributed by atoms with Crippen LogP contribution >= 0.6 is 0 Å². The van der Waals surface area contributed by atoms with Crippen molar-refractivity contribution in [2.75, 3.05) is 32.8 Å². The van der Waals surface area contributed by atoms with E-state index in [2.05, 4.69) is 11.8 Å². The van der Waals surface area contributed by atoms with Gasteiger partial charge in [0.05, 0.1) is 13.2 Å². The van der Waals surface area contributed by atoms with Crippen molar-refractivity contribution in [2.24, 2.45) is 11.8 Å². The van der Waals surface area contributed by atoms with E-state index in [1.54, 1.807) is 24.3 Å². The van der Waals surface area contributed by atoms with E-state index in [9.17, 15) is 13.6 Å². The number of ether oxygens (including phenoxy) is 2. The number of likely N-dealkylation sites (tertiary alicyclic amines) is 1. The SMILES string of the molecule is CCOC(=O)CC1CCN(CCOC(c2ccc(F)cc2)c2ccc(F)cc2)CC1C. The Morgan fingerprint density at radius 1 is 1.06 bits per heavy atom. The molecular formula is C25H31F2NO3. The molecule has 1 heterocycles. The van der Waals surface area contributed by atoms with Gasteiger partial charge in [0.1, 0.15) is 17.7 Å². The monoisotopic (exact) mass is 431 g/mol. The second-order valence-electron chi connectivity index (χ2n) is 8.19. The molecule has 31 heavy (non-hydrogen) atoms. The largest absolute Gasteiger partial charge is 0.466 e. The Labute approximate surface area is 183 Å². The molecule has 1 fully saturated rings. The Balaban J connectivity index is 1.55. The van der Waals surface area contributed by atoms with E-state index in [1.165, 1.54) is 24.3 Å². The summed E-state index contributed by atoms with van der Waals surface area (Å²) in [5.74, 6) is 0.0330. The molecule has 0 radical (unpaired) electrons. The lowest BCUT2D eigenvalue weighted by Gasteiger charge is -2.36. The van der Waals surface area contributed by atoms with E-state index in [1.807, 2.05) is 6.92 Å². The van der Waals surface area contributed by atoms with Gasteiger partial charge in [-0.15, -0.1) is 0 Å². The van der Waals surface area contributed by atoms with Crippen molar-refractivity contribution in [1.82, 2.24) is 4.90 Å². The zero-order valence-corrected chi connectivity index (χ0v) is 18.2. The summed E-state index contributed by atoms with van der Waals surface area (Å²) in [7, 11) is 0. The topological polar surface area (TPSA) is 38.8 Å². The minimum atomic E-state index is -0.389. The van der Waals surface area contributed by atoms with Crippen LogP contribution in [-0.2, 0) is 14.3 Å². The molecule has 2 atom stereocenters. The first-order valence-electron chi connectivity index (χ1n) is 11.0. The fourth-order valence-electron chi connectivity index (χ4n) is 4.18. The van der Waals surface area contributed by atoms with E-state index in [-0.39, 0.29) is 23.7 Å². The first kappa shape index (κ1) is 23.4. The second-order valence-corrected chi connectivity index (χ2v) is 8.19. The highest BCUT2D eigenvalue weighted by molar-refractivity contribution is 5.69. The van der Waals surface area contributed by atoms with Gasteiger partial charge in [0.25, 0.3) is 0 Å². The third-order valence-electron chi connectivity index (χ3n) is 5.94. The van der Waals surface area contributed by atoms with Crippen molar-refractivity contribution in [1.29, 1.82) is 0 Å². The van der Waals surface area contributed by atoms with Crippen molar-refractivity contribution in [3.05, 3.63) is 71.3 Å². The fourth-order valence-corrected chi connectivity index (χ4v) is 4.18. The number of halogens is 2. The van der Waals surface area contributed by atoms with Crippen LogP contribution in [0.4, 0.5) is 8.78 Å². The molecule has 2 aromatic rings. The average Bonchev–Trinajstić information content (AvgIpc) is 2.75. The Bertz CT molecular complexity index is 780. The van der Waals surface area contributed by atoms with Gasteiger partial charge in [-0.1, -0.05) is 31.2 Å². The Morgan fingerprint density at radius 3 is 2.16 bits per heavy atom. The number of hydrogen-bond donors (Lipinski definition) is 0. The van der Waals surface area contributed by atoms with Crippen LogP contribution in [0, 0.1) is 23.5 Å². The summed E-state index contributed by atoms with van der Waals surface area (Å²) < 4.78 is 38.0. The molecule has 1 saturated heterocycles. The number of piperidine rings is 1. The lowest BCUT2D eigenvalue weighted by molar-refractivity contribution is -0.145. The normalized spacial score (nSPS) is 19.5. The van der Waals surface area contributed by atoms with Gasteiger partial charge in [0.15, 0.2) is 0 Å². The van der Waals surface area contributed by atoms with Crippen LogP contribution in [0.25, 0.3) is 0 Å². The average molecular weight is 432 g/mol. The lowest BCUT2D eigenvalue weighted by Crippen LogP contribution is -2.41. The van der Waals surface area contributed by atoms with Crippen molar-refractivity contribution < 1.29 is 23.0 Å². The maximum atomic E-state index is 13.4. The van der Waals surface area contributed by atoms with Crippen LogP contribution < -0.4 is 0 Å². The molecule has 0 amide bonds. The number of carbonyl (C=O) groups is 1. The maximum absolute atomic E-state index is 13.4. The molecule has 0 spiro atoms. The molecule has 2 unspecified atom stereocenters. The maximum Gasteiger partial charge on any atom is 0.306 e. The molecule has 0 aliphatic carbocycles. The van der Waals surface area contributed by atoms with Gasteiger partial charge in [-0.2, -0.15) is 0 Å². The van der Waals surface area contributed by atoms with E-state index < -0.39 is 0 Å². The number of hydrogen-bond acceptors (Lipinski definition) is 4. The minimum absolute atomic E-state index is 0.113. The highest BCUT2D eigenvalue weighted by Gasteiger charge is 2.28. The summed E-state index contributed by atoms with van der Waals surface area (Å²) in [4.78, 5) is 14.1. The number of carbonyl (C=O) groups excluding carboxylic acids is 1. The molecule has 3 rings (SSSR count). The molecule has 168 valence electrons. The third-order valence-corrected chi connectivity index (χ3v) is 5.94. The molecule has 0 saturated carbocycles. The smallest absolute Gasteiger partial charge is 0.306 e. The summed E-state index contributed by atoms with van der Waals surface area (Å²) in [6.45, 7) is 7.50. The first-order valence-corrected chi connectivity index (χ1v) is 11.0. The molecule has 0 N–H and O–H groups in total. The zero-order valence-electron chi connectivity index (χ0n) is 18.2. The molecule has 1 aliphatic heterocycles. The van der Waals surface area contributed by atoms with E-state index >= 15 is 0 Å². The van der Waals surface area contributed by atoms with E-state index in [4.69, 9.17) is 9.47 Å². The predicted octanol–water partition coefficient (Wildman–Crippen LogP) is 4.98. The van der Waals surface area contributed by atoms with Crippen molar-refractivity contribution >= 4 is 5.97 Å². The lowest BCUT2D eigenvalue weighted by atomic mass is 9.84. The van der Waals surface area contributed by atoms with Gasteiger partial charge in [-0.25, -0.2) is 8.78 Å². The van der Waals surface area contributed by atoms with Gasteiger partial charge in [0.2, 0.25) is 0 Å². The van der Waals surface area contributed by atoms with Crippen LogP contribution in [-0.4, -0.2) is 43.7 Å². The van der Waals surface area contributed by atoms with Crippen LogP contribution in [0.2, 0.25) is 0 Å². The zero-order chi connectivity index (χ0) is 22.2. The summed E-state index contributed by atoms with van der Waals surface area (Å²) in [6, 6.07) is 12.4. The van der Waals surface area contributed by atoms with Gasteiger partial charge >= 0.3 is 5.97 Å². The van der Waals surface area contributed by atoms with Crippen LogP contribution in [0.1, 0.15) is 43.9 Å². The van der Waals surface area contributed by atoms with Crippen molar-refractivity contribution in [2.45, 2.75) is 32.8 Å². The molecule has 0 aromatic heterocycles. The van der Waals surface area contributed by atoms with Crippen LogP contribution in [0.3, 0.4) is 0 Å². The highest BCUT2D eigenvalue weighted by atomic mass is 19.1. The number of esters is 1. The summed E-state index contributed by atoms with van der Waals surface area (Å²) in [5.41, 5.74) is 1.66. The highest BCUT2D eigenvalue weighted by Crippen LogP contribution is 2.28. The van der Waals surface area contributed by atoms with E-state index in [0.717, 1.165) is 37.2 Å². The van der Waals surface area contributed by atoms with Gasteiger partial charge < -0.3 is 14.4 Å². The van der Waals surface area contributed by atoms with Gasteiger partial charge in [-0.3, -0.25) is 4.79 Å². The minimum Gasteiger partial charge on any atom is -0.466 e. The van der Waals surface area contributed by atoms with Gasteiger partial charge in [-0.05, 0) is 67.1 Å². The van der Waals surface area contributed by atoms with E-state index in [0.29, 0.717) is 31.5 Å². The molecular weight excluding hydrogens is 400 g/mol. The second kappa shape index (κ2) is 11.3. The van der Waals surface area contributed by atoms with Crippen LogP contribution in [0.15, 0.2) is 48.5 Å². The quantitative estimate of drug-likeness (QED) is 0.525. The molecule has 1 aliphatic rings. The van der Waals surface area contributed by atoms with Crippen molar-refractivity contribution in [3.63, 3.8) is 0 Å². The summed E-state index contributed by atoms with van der Waals surface area (Å²) >= 11 is 0. The predicted molar refractivity (Wildman–Crippen MR) is 116 cm³/mol. The number of benzene rings is 2. The summed E-state index contributed by atoms with van der Waals surface area (Å²) in [6.07, 6.45) is 1.05. The summed E-state index contributed by atoms with van der Waals surface area (Å²) in [5, 5.41) is 0. The van der Waals surface area contributed by atoms with Crippen molar-refractivity contribution in [3.8, 4) is 0 Å². The third kappa shape index (κ3) is 6.84. The molecule has 2 aromatic carbocycles. The number of rotatable bonds is 9. The molecule has 6 heteroatoms. The van der Waals surface area contributed by atoms with Gasteiger partial charge in [0, 0.05) is 19.5 Å². The van der Waals surface area contributed by atoms with Crippen LogP contribution in [0.5, 0.6) is 0 Å². The Kier molecular flexibility index (Phi) is 8.55. The Morgan fingerprint density at radius 2 is 1.65 bits per heavy atom. The molecule has 0 bridgehead atoms. The number of nitrogens with zero attached hydrogens (tertiary/aromatic N) is 1. The standard InChI is InChI=1S/C25H31F2NO3/c1-3-30-24(29)16-21-12-13-28(17-18(21)2)14-15-31-25(19-4-8-22(26)9-5-19)20-6-10-23(27)11-7-20/h4-11,18,21,25H,3,12-17H2,1-2H3. The first-order chi connectivity index (χ1) is 15.0. The Hall–Kier alpha value is -2.31. The molecule has 4 nitrogen and oxygen atoms in total.